The molecule has 0 aromatic carbocycles. The molecule has 2 amide bonds. The van der Waals surface area contributed by atoms with Crippen molar-refractivity contribution in [3.05, 3.63) is 23.3 Å². The topological polar surface area (TPSA) is 98.0 Å². The largest absolute Gasteiger partial charge is 0.319 e. The average molecular weight is 252 g/mol. The van der Waals surface area contributed by atoms with Crippen LogP contribution in [-0.2, 0) is 17.6 Å². The van der Waals surface area contributed by atoms with Crippen LogP contribution >= 0.6 is 12.6 Å². The van der Waals surface area contributed by atoms with Gasteiger partial charge in [0.15, 0.2) is 0 Å². The number of rotatable bonds is 3. The Morgan fingerprint density at radius 2 is 2.18 bits per heavy atom. The van der Waals surface area contributed by atoms with E-state index in [1.165, 1.54) is 6.20 Å². The Hall–Kier alpha value is -1.47. The maximum atomic E-state index is 11.6. The van der Waals surface area contributed by atoms with Crippen LogP contribution in [0.1, 0.15) is 21.9 Å². The number of aryl methyl sites for hydroxylation is 2. The molecule has 0 aliphatic heterocycles. The molecule has 1 aromatic heterocycles. The number of fused-ring (bicyclic) bond motifs is 1. The number of carbonyl (C=O) groups is 2. The van der Waals surface area contributed by atoms with Crippen molar-refractivity contribution < 1.29 is 9.59 Å². The van der Waals surface area contributed by atoms with E-state index in [0.29, 0.717) is 0 Å². The van der Waals surface area contributed by atoms with Crippen LogP contribution < -0.4 is 11.1 Å². The Morgan fingerprint density at radius 1 is 1.47 bits per heavy atom. The minimum Gasteiger partial charge on any atom is -0.319 e. The molecule has 0 radical (unpaired) electrons. The zero-order valence-corrected chi connectivity index (χ0v) is 9.91. The summed E-state index contributed by atoms with van der Waals surface area (Å²) < 4.78 is 0. The molecule has 0 saturated carbocycles. The lowest BCUT2D eigenvalue weighted by atomic mass is 10.0. The molecule has 7 heteroatoms. The summed E-state index contributed by atoms with van der Waals surface area (Å²) in [6.07, 6.45) is 3.09. The summed E-state index contributed by atoms with van der Waals surface area (Å²) in [6, 6.07) is -0.804. The third-order valence-corrected chi connectivity index (χ3v) is 2.93. The predicted molar refractivity (Wildman–Crippen MR) is 63.7 cm³/mol. The summed E-state index contributed by atoms with van der Waals surface area (Å²) >= 11 is 3.88. The maximum Gasteiger partial charge on any atom is 0.278 e. The van der Waals surface area contributed by atoms with Gasteiger partial charge >= 0.3 is 0 Å². The van der Waals surface area contributed by atoms with Crippen LogP contribution in [0.4, 0.5) is 0 Å². The highest BCUT2D eigenvalue weighted by molar-refractivity contribution is 7.80. The van der Waals surface area contributed by atoms with Crippen molar-refractivity contribution >= 4 is 24.4 Å². The van der Waals surface area contributed by atoms with Crippen molar-refractivity contribution in [1.82, 2.24) is 15.3 Å². The van der Waals surface area contributed by atoms with Gasteiger partial charge in [-0.05, 0) is 12.8 Å². The molecule has 1 aromatic rings. The predicted octanol–water partition coefficient (Wildman–Crippen LogP) is -0.911. The normalized spacial score (nSPS) is 14.5. The van der Waals surface area contributed by atoms with Gasteiger partial charge in [0.2, 0.25) is 5.91 Å². The molecule has 1 atom stereocenters. The summed E-state index contributed by atoms with van der Waals surface area (Å²) in [5.41, 5.74) is 7.31. The van der Waals surface area contributed by atoms with Gasteiger partial charge < -0.3 is 5.73 Å². The average Bonchev–Trinajstić information content (AvgIpc) is 2.29. The number of aromatic nitrogens is 2. The number of hydrogen-bond donors (Lipinski definition) is 3. The van der Waals surface area contributed by atoms with Crippen LogP contribution in [0.25, 0.3) is 0 Å². The Balaban J connectivity index is 2.04. The Morgan fingerprint density at radius 3 is 2.71 bits per heavy atom. The van der Waals surface area contributed by atoms with Crippen LogP contribution in [0.3, 0.4) is 0 Å². The lowest BCUT2D eigenvalue weighted by Crippen LogP contribution is -2.44. The molecule has 1 aliphatic carbocycles. The van der Waals surface area contributed by atoms with Crippen molar-refractivity contribution in [2.24, 2.45) is 5.73 Å². The summed E-state index contributed by atoms with van der Waals surface area (Å²) in [6.45, 7) is 0. The third kappa shape index (κ3) is 2.45. The van der Waals surface area contributed by atoms with E-state index >= 15 is 0 Å². The van der Waals surface area contributed by atoms with E-state index in [1.807, 2.05) is 0 Å². The number of hydrogen-bond acceptors (Lipinski definition) is 6. The molecular weight excluding hydrogens is 240 g/mol. The van der Waals surface area contributed by atoms with Crippen LogP contribution in [0.2, 0.25) is 0 Å². The van der Waals surface area contributed by atoms with Crippen LogP contribution in [0.15, 0.2) is 6.20 Å². The molecule has 3 N–H and O–H groups in total. The molecule has 6 nitrogen and oxygen atoms in total. The number of amides is 2. The minimum absolute atomic E-state index is 0.142. The zero-order valence-electron chi connectivity index (χ0n) is 9.01. The molecule has 1 aliphatic rings. The van der Waals surface area contributed by atoms with Gasteiger partial charge in [0.25, 0.3) is 5.91 Å². The lowest BCUT2D eigenvalue weighted by molar-refractivity contribution is -0.120. The van der Waals surface area contributed by atoms with E-state index in [1.54, 1.807) is 0 Å². The molecule has 0 bridgehead atoms. The third-order valence-electron chi connectivity index (χ3n) is 2.53. The fourth-order valence-electron chi connectivity index (χ4n) is 1.38. The Bertz CT molecular complexity index is 477. The first-order valence-electron chi connectivity index (χ1n) is 5.18. The molecule has 90 valence electrons. The van der Waals surface area contributed by atoms with Crippen molar-refractivity contribution in [1.29, 1.82) is 0 Å². The standard InChI is InChI=1S/C10H12N4O2S/c11-5(4-17)9(15)14-10(16)8-3-12-6-1-2-7(6)13-8/h3,5,17H,1-2,4,11H2,(H,14,15,16)/t5-/m0/s1. The molecule has 2 rings (SSSR count). The SMILES string of the molecule is N[C@@H](CS)C(=O)NC(=O)c1cnc2c(n1)CC2. The number of imide groups is 1. The lowest BCUT2D eigenvalue weighted by Gasteiger charge is -2.16. The quantitative estimate of drug-likeness (QED) is 0.605. The van der Waals surface area contributed by atoms with Gasteiger partial charge in [0.1, 0.15) is 5.69 Å². The van der Waals surface area contributed by atoms with Gasteiger partial charge in [-0.15, -0.1) is 0 Å². The number of nitrogens with zero attached hydrogens (tertiary/aromatic N) is 2. The zero-order chi connectivity index (χ0) is 12.4. The highest BCUT2D eigenvalue weighted by atomic mass is 32.1. The summed E-state index contributed by atoms with van der Waals surface area (Å²) in [5.74, 6) is -0.960. The van der Waals surface area contributed by atoms with Gasteiger partial charge in [-0.3, -0.25) is 19.9 Å². The van der Waals surface area contributed by atoms with E-state index in [9.17, 15) is 9.59 Å². The van der Waals surface area contributed by atoms with Crippen LogP contribution in [0.5, 0.6) is 0 Å². The second-order valence-electron chi connectivity index (χ2n) is 3.76. The maximum absolute atomic E-state index is 11.6. The van der Waals surface area contributed by atoms with Crippen molar-refractivity contribution in [3.63, 3.8) is 0 Å². The number of nitrogens with one attached hydrogen (secondary N) is 1. The second kappa shape index (κ2) is 4.80. The van der Waals surface area contributed by atoms with E-state index in [-0.39, 0.29) is 11.4 Å². The fraction of sp³-hybridized carbons (Fsp3) is 0.400. The van der Waals surface area contributed by atoms with E-state index < -0.39 is 17.9 Å². The summed E-state index contributed by atoms with van der Waals surface area (Å²) in [4.78, 5) is 31.2. The molecule has 1 heterocycles. The van der Waals surface area contributed by atoms with Crippen molar-refractivity contribution in [3.8, 4) is 0 Å². The van der Waals surface area contributed by atoms with Crippen molar-refractivity contribution in [2.75, 3.05) is 5.75 Å². The van der Waals surface area contributed by atoms with Crippen LogP contribution in [-0.4, -0.2) is 33.6 Å². The van der Waals surface area contributed by atoms with E-state index in [4.69, 9.17) is 5.73 Å². The minimum atomic E-state index is -0.804. The molecule has 0 unspecified atom stereocenters. The highest BCUT2D eigenvalue weighted by Crippen LogP contribution is 2.17. The first-order valence-corrected chi connectivity index (χ1v) is 5.81. The molecular formula is C10H12N4O2S. The van der Waals surface area contributed by atoms with Gasteiger partial charge in [-0.25, -0.2) is 4.98 Å². The monoisotopic (exact) mass is 252 g/mol. The molecule has 0 saturated heterocycles. The number of nitrogens with two attached hydrogens (primary N) is 1. The molecule has 17 heavy (non-hydrogen) atoms. The van der Waals surface area contributed by atoms with Gasteiger partial charge in [0.05, 0.1) is 23.6 Å². The van der Waals surface area contributed by atoms with E-state index in [0.717, 1.165) is 24.2 Å². The smallest absolute Gasteiger partial charge is 0.278 e. The molecule has 0 spiro atoms. The first-order chi connectivity index (χ1) is 8.11. The number of carbonyl (C=O) groups excluding carboxylic acids is 2. The van der Waals surface area contributed by atoms with Gasteiger partial charge in [-0.1, -0.05) is 0 Å². The van der Waals surface area contributed by atoms with Crippen molar-refractivity contribution in [2.45, 2.75) is 18.9 Å². The Kier molecular flexibility index (Phi) is 3.39. The number of thiol groups is 1. The van der Waals surface area contributed by atoms with Gasteiger partial charge in [0, 0.05) is 5.75 Å². The van der Waals surface area contributed by atoms with E-state index in [2.05, 4.69) is 27.9 Å². The second-order valence-corrected chi connectivity index (χ2v) is 4.12. The molecule has 0 fully saturated rings. The Labute approximate surface area is 103 Å². The highest BCUT2D eigenvalue weighted by Gasteiger charge is 2.21. The summed E-state index contributed by atoms with van der Waals surface area (Å²) in [5, 5.41) is 2.16. The fourth-order valence-corrected chi connectivity index (χ4v) is 1.55. The van der Waals surface area contributed by atoms with Crippen LogP contribution in [0, 0.1) is 0 Å². The van der Waals surface area contributed by atoms with Gasteiger partial charge in [-0.2, -0.15) is 12.6 Å². The first kappa shape index (κ1) is 12.0. The summed E-state index contributed by atoms with van der Waals surface area (Å²) in [7, 11) is 0.